The highest BCUT2D eigenvalue weighted by molar-refractivity contribution is 6.04. The van der Waals surface area contributed by atoms with E-state index in [0.29, 0.717) is 29.1 Å². The van der Waals surface area contributed by atoms with Gasteiger partial charge in [0.05, 0.1) is 11.3 Å². The lowest BCUT2D eigenvalue weighted by atomic mass is 10.1. The van der Waals surface area contributed by atoms with Gasteiger partial charge in [0, 0.05) is 40.9 Å². The zero-order valence-corrected chi connectivity index (χ0v) is 19.8. The molecule has 188 valence electrons. The van der Waals surface area contributed by atoms with Crippen molar-refractivity contribution in [2.24, 2.45) is 0 Å². The maximum Gasteiger partial charge on any atom is 0.416 e. The summed E-state index contributed by atoms with van der Waals surface area (Å²) in [6, 6.07) is 15.6. The van der Waals surface area contributed by atoms with Crippen molar-refractivity contribution < 1.29 is 18.0 Å². The van der Waals surface area contributed by atoms with Gasteiger partial charge in [-0.25, -0.2) is 15.0 Å². The summed E-state index contributed by atoms with van der Waals surface area (Å²) in [5.74, 6) is 0.534. The van der Waals surface area contributed by atoms with Gasteiger partial charge in [0.2, 0.25) is 5.95 Å². The molecule has 2 aromatic carbocycles. The van der Waals surface area contributed by atoms with Crippen LogP contribution in [0.5, 0.6) is 0 Å². The Kier molecular flexibility index (Phi) is 6.47. The Hall–Kier alpha value is -4.47. The van der Waals surface area contributed by atoms with Crippen LogP contribution in [0.1, 0.15) is 34.3 Å². The third kappa shape index (κ3) is 6.03. The molecule has 10 heteroatoms. The fourth-order valence-corrected chi connectivity index (χ4v) is 3.64. The van der Waals surface area contributed by atoms with Crippen LogP contribution in [0.4, 0.5) is 36.3 Å². The van der Waals surface area contributed by atoms with Crippen molar-refractivity contribution in [3.63, 3.8) is 0 Å². The van der Waals surface area contributed by atoms with E-state index in [1.54, 1.807) is 36.7 Å². The predicted molar refractivity (Wildman–Crippen MR) is 136 cm³/mol. The molecule has 2 aromatic heterocycles. The predicted octanol–water partition coefficient (Wildman–Crippen LogP) is 6.44. The van der Waals surface area contributed by atoms with E-state index in [2.05, 4.69) is 30.9 Å². The van der Waals surface area contributed by atoms with E-state index in [9.17, 15) is 18.0 Å². The number of hydrogen-bond donors (Lipinski definition) is 3. The zero-order valence-electron chi connectivity index (χ0n) is 19.8. The number of aryl methyl sites for hydroxylation is 1. The second-order valence-corrected chi connectivity index (χ2v) is 8.80. The highest BCUT2D eigenvalue weighted by atomic mass is 19.4. The first-order valence-electron chi connectivity index (χ1n) is 11.7. The first kappa shape index (κ1) is 24.2. The Bertz CT molecular complexity index is 1440. The molecule has 4 aromatic rings. The molecular formula is C27H23F3N6O. The number of rotatable bonds is 7. The molecule has 0 atom stereocenters. The van der Waals surface area contributed by atoms with E-state index in [1.807, 2.05) is 19.1 Å². The topological polar surface area (TPSA) is 91.8 Å². The summed E-state index contributed by atoms with van der Waals surface area (Å²) >= 11 is 0. The van der Waals surface area contributed by atoms with Crippen molar-refractivity contribution in [3.05, 3.63) is 89.7 Å². The molecule has 1 saturated carbocycles. The SMILES string of the molecule is Cc1ccc(NC(=O)c2cccc(C(F)(F)F)c2)cc1Nc1nccc(-c2ccc(NC3CC3)nc2)n1. The smallest absolute Gasteiger partial charge is 0.367 e. The van der Waals surface area contributed by atoms with E-state index >= 15 is 0 Å². The lowest BCUT2D eigenvalue weighted by Crippen LogP contribution is -2.14. The number of benzene rings is 2. The lowest BCUT2D eigenvalue weighted by Gasteiger charge is -2.13. The number of aromatic nitrogens is 3. The molecule has 1 aliphatic carbocycles. The highest BCUT2D eigenvalue weighted by Gasteiger charge is 2.31. The molecule has 1 aliphatic rings. The molecule has 0 unspecified atom stereocenters. The van der Waals surface area contributed by atoms with Crippen molar-refractivity contribution in [2.75, 3.05) is 16.0 Å². The number of amides is 1. The van der Waals surface area contributed by atoms with Crippen molar-refractivity contribution in [3.8, 4) is 11.3 Å². The summed E-state index contributed by atoms with van der Waals surface area (Å²) in [6.07, 6.45) is 1.19. The van der Waals surface area contributed by atoms with Gasteiger partial charge in [-0.05, 0) is 73.9 Å². The Labute approximate surface area is 211 Å². The first-order valence-corrected chi connectivity index (χ1v) is 11.7. The van der Waals surface area contributed by atoms with Crippen LogP contribution in [0.2, 0.25) is 0 Å². The molecule has 37 heavy (non-hydrogen) atoms. The summed E-state index contributed by atoms with van der Waals surface area (Å²) in [5, 5.41) is 9.15. The van der Waals surface area contributed by atoms with Gasteiger partial charge in [0.25, 0.3) is 5.91 Å². The fraction of sp³-hybridized carbons (Fsp3) is 0.185. The maximum absolute atomic E-state index is 13.0. The molecule has 0 aliphatic heterocycles. The zero-order chi connectivity index (χ0) is 26.0. The molecule has 0 spiro atoms. The van der Waals surface area contributed by atoms with Crippen LogP contribution in [-0.2, 0) is 6.18 Å². The fourth-order valence-electron chi connectivity index (χ4n) is 3.64. The van der Waals surface area contributed by atoms with Crippen LogP contribution < -0.4 is 16.0 Å². The van der Waals surface area contributed by atoms with Gasteiger partial charge in [-0.15, -0.1) is 0 Å². The summed E-state index contributed by atoms with van der Waals surface area (Å²) < 4.78 is 39.0. The van der Waals surface area contributed by atoms with Crippen molar-refractivity contribution in [1.29, 1.82) is 0 Å². The third-order valence-electron chi connectivity index (χ3n) is 5.84. The van der Waals surface area contributed by atoms with Gasteiger partial charge in [0.15, 0.2) is 0 Å². The summed E-state index contributed by atoms with van der Waals surface area (Å²) in [6.45, 7) is 1.88. The average molecular weight is 505 g/mol. The molecule has 1 amide bonds. The van der Waals surface area contributed by atoms with Gasteiger partial charge in [-0.3, -0.25) is 4.79 Å². The van der Waals surface area contributed by atoms with Gasteiger partial charge >= 0.3 is 6.18 Å². The molecule has 1 fully saturated rings. The number of halogens is 3. The number of nitrogens with zero attached hydrogens (tertiary/aromatic N) is 3. The number of nitrogens with one attached hydrogen (secondary N) is 3. The van der Waals surface area contributed by atoms with Crippen LogP contribution in [0, 0.1) is 6.92 Å². The number of carbonyl (C=O) groups is 1. The largest absolute Gasteiger partial charge is 0.416 e. The number of pyridine rings is 1. The number of anilines is 4. The Morgan fingerprint density at radius 1 is 1.00 bits per heavy atom. The number of hydrogen-bond acceptors (Lipinski definition) is 6. The van der Waals surface area contributed by atoms with Gasteiger partial charge in [0.1, 0.15) is 5.82 Å². The molecule has 0 saturated heterocycles. The number of carbonyl (C=O) groups excluding carboxylic acids is 1. The van der Waals surface area contributed by atoms with E-state index in [4.69, 9.17) is 0 Å². The molecule has 5 rings (SSSR count). The maximum atomic E-state index is 13.0. The van der Waals surface area contributed by atoms with Crippen LogP contribution in [0.3, 0.4) is 0 Å². The minimum atomic E-state index is -4.53. The Morgan fingerprint density at radius 2 is 1.84 bits per heavy atom. The van der Waals surface area contributed by atoms with E-state index in [-0.39, 0.29) is 5.56 Å². The van der Waals surface area contributed by atoms with Crippen LogP contribution in [0.25, 0.3) is 11.3 Å². The molecular weight excluding hydrogens is 481 g/mol. The normalized spacial score (nSPS) is 13.2. The van der Waals surface area contributed by atoms with Crippen LogP contribution >= 0.6 is 0 Å². The monoisotopic (exact) mass is 504 g/mol. The summed E-state index contributed by atoms with van der Waals surface area (Å²) in [7, 11) is 0. The molecule has 7 nitrogen and oxygen atoms in total. The lowest BCUT2D eigenvalue weighted by molar-refractivity contribution is -0.137. The minimum absolute atomic E-state index is 0.0899. The van der Waals surface area contributed by atoms with E-state index < -0.39 is 17.6 Å². The first-order chi connectivity index (χ1) is 17.7. The molecule has 3 N–H and O–H groups in total. The average Bonchev–Trinajstić information content (AvgIpc) is 3.70. The quantitative estimate of drug-likeness (QED) is 0.268. The van der Waals surface area contributed by atoms with Crippen LogP contribution in [-0.4, -0.2) is 26.9 Å². The minimum Gasteiger partial charge on any atom is -0.367 e. The van der Waals surface area contributed by atoms with Crippen molar-refractivity contribution in [1.82, 2.24) is 15.0 Å². The Morgan fingerprint density at radius 3 is 2.57 bits per heavy atom. The highest BCUT2D eigenvalue weighted by Crippen LogP contribution is 2.30. The standard InChI is InChI=1S/C27H23F3N6O/c1-16-5-7-21(34-25(37)17-3-2-4-19(13-17)27(28,29)30)14-23(16)36-26-31-12-11-22(35-26)18-6-10-24(32-15-18)33-20-8-9-20/h2-7,10-15,20H,8-9H2,1H3,(H,32,33)(H,34,37)(H,31,35,36). The van der Waals surface area contributed by atoms with Gasteiger partial charge < -0.3 is 16.0 Å². The molecule has 0 bridgehead atoms. The van der Waals surface area contributed by atoms with Crippen molar-refractivity contribution >= 4 is 29.0 Å². The molecule has 0 radical (unpaired) electrons. The second kappa shape index (κ2) is 9.88. The van der Waals surface area contributed by atoms with Crippen molar-refractivity contribution in [2.45, 2.75) is 32.0 Å². The molecule has 2 heterocycles. The summed E-state index contributed by atoms with van der Waals surface area (Å²) in [5.41, 5.74) is 2.47. The van der Waals surface area contributed by atoms with E-state index in [1.165, 1.54) is 25.0 Å². The van der Waals surface area contributed by atoms with E-state index in [0.717, 1.165) is 29.1 Å². The Balaban J connectivity index is 1.31. The number of alkyl halides is 3. The summed E-state index contributed by atoms with van der Waals surface area (Å²) in [4.78, 5) is 25.9. The second-order valence-electron chi connectivity index (χ2n) is 8.80. The van der Waals surface area contributed by atoms with Gasteiger partial charge in [-0.2, -0.15) is 13.2 Å². The third-order valence-corrected chi connectivity index (χ3v) is 5.84. The van der Waals surface area contributed by atoms with Gasteiger partial charge in [-0.1, -0.05) is 12.1 Å². The van der Waals surface area contributed by atoms with Crippen LogP contribution in [0.15, 0.2) is 73.1 Å².